The maximum absolute atomic E-state index is 12.7. The number of hydrogen-bond acceptors (Lipinski definition) is 3. The Kier molecular flexibility index (Phi) is 3.58. The lowest BCUT2D eigenvalue weighted by atomic mass is 9.91. The van der Waals surface area contributed by atoms with Crippen molar-refractivity contribution in [3.8, 4) is 5.75 Å². The lowest BCUT2D eigenvalue weighted by Gasteiger charge is -2.29. The van der Waals surface area contributed by atoms with Gasteiger partial charge >= 0.3 is 0 Å². The van der Waals surface area contributed by atoms with Crippen LogP contribution in [-0.4, -0.2) is 43.0 Å². The van der Waals surface area contributed by atoms with E-state index in [0.29, 0.717) is 39.1 Å². The molecular weight excluding hydrogens is 256 g/mol. The first-order chi connectivity index (χ1) is 9.75. The number of amides is 2. The summed E-state index contributed by atoms with van der Waals surface area (Å²) in [5, 5.41) is 2.79. The molecule has 5 heteroatoms. The van der Waals surface area contributed by atoms with E-state index in [0.717, 1.165) is 11.3 Å². The summed E-state index contributed by atoms with van der Waals surface area (Å²) in [6.07, 6.45) is 1.09. The molecule has 5 nitrogen and oxygen atoms in total. The molecule has 1 unspecified atom stereocenters. The van der Waals surface area contributed by atoms with E-state index in [2.05, 4.69) is 5.32 Å². The lowest BCUT2D eigenvalue weighted by molar-refractivity contribution is -0.133. The molecule has 1 fully saturated rings. The van der Waals surface area contributed by atoms with Gasteiger partial charge in [0.05, 0.1) is 12.5 Å². The Hall–Kier alpha value is -2.04. The van der Waals surface area contributed by atoms with E-state index >= 15 is 0 Å². The van der Waals surface area contributed by atoms with Gasteiger partial charge in [-0.15, -0.1) is 0 Å². The zero-order valence-electron chi connectivity index (χ0n) is 11.3. The van der Waals surface area contributed by atoms with E-state index in [1.54, 1.807) is 4.90 Å². The van der Waals surface area contributed by atoms with Crippen LogP contribution in [0, 0.1) is 0 Å². The van der Waals surface area contributed by atoms with E-state index in [1.807, 2.05) is 24.3 Å². The molecule has 1 aromatic rings. The second kappa shape index (κ2) is 5.53. The monoisotopic (exact) mass is 274 g/mol. The summed E-state index contributed by atoms with van der Waals surface area (Å²) in [6.45, 7) is 2.20. The van der Waals surface area contributed by atoms with Crippen LogP contribution in [0.25, 0.3) is 0 Å². The van der Waals surface area contributed by atoms with Crippen LogP contribution in [0.3, 0.4) is 0 Å². The predicted molar refractivity (Wildman–Crippen MR) is 73.5 cm³/mol. The Labute approximate surface area is 117 Å². The normalized spacial score (nSPS) is 22.3. The highest BCUT2D eigenvalue weighted by atomic mass is 16.5. The minimum Gasteiger partial charge on any atom is -0.493 e. The smallest absolute Gasteiger partial charge is 0.230 e. The number of fused-ring (bicyclic) bond motifs is 1. The van der Waals surface area contributed by atoms with Gasteiger partial charge in [-0.3, -0.25) is 9.59 Å². The van der Waals surface area contributed by atoms with Crippen LogP contribution in [-0.2, 0) is 9.59 Å². The number of hydrogen-bond donors (Lipinski definition) is 1. The van der Waals surface area contributed by atoms with E-state index < -0.39 is 0 Å². The van der Waals surface area contributed by atoms with Crippen LogP contribution in [0.5, 0.6) is 5.75 Å². The standard InChI is InChI=1S/C15H18N2O3/c18-14-5-8-17(9-7-16-14)15(19)12-6-10-20-13-4-2-1-3-11(12)13/h1-4,12H,5-10H2,(H,16,18). The zero-order valence-corrected chi connectivity index (χ0v) is 11.3. The van der Waals surface area contributed by atoms with Crippen molar-refractivity contribution in [1.82, 2.24) is 10.2 Å². The van der Waals surface area contributed by atoms with Gasteiger partial charge in [0.1, 0.15) is 5.75 Å². The van der Waals surface area contributed by atoms with Crippen molar-refractivity contribution in [2.45, 2.75) is 18.8 Å². The topological polar surface area (TPSA) is 58.6 Å². The average molecular weight is 274 g/mol. The highest BCUT2D eigenvalue weighted by Gasteiger charge is 2.31. The van der Waals surface area contributed by atoms with E-state index in [1.165, 1.54) is 0 Å². The van der Waals surface area contributed by atoms with Gasteiger partial charge in [0.15, 0.2) is 0 Å². The Morgan fingerprint density at radius 1 is 1.30 bits per heavy atom. The van der Waals surface area contributed by atoms with Crippen LogP contribution < -0.4 is 10.1 Å². The van der Waals surface area contributed by atoms with Gasteiger partial charge in [0.25, 0.3) is 0 Å². The minimum atomic E-state index is -0.145. The van der Waals surface area contributed by atoms with Crippen LogP contribution in [0.2, 0.25) is 0 Å². The second-order valence-corrected chi connectivity index (χ2v) is 5.15. The molecule has 0 saturated carbocycles. The third-order valence-corrected chi connectivity index (χ3v) is 3.88. The van der Waals surface area contributed by atoms with E-state index in [9.17, 15) is 9.59 Å². The number of benzene rings is 1. The van der Waals surface area contributed by atoms with Crippen molar-refractivity contribution in [3.63, 3.8) is 0 Å². The van der Waals surface area contributed by atoms with Gasteiger partial charge in [-0.2, -0.15) is 0 Å². The van der Waals surface area contributed by atoms with Crippen LogP contribution in [0.1, 0.15) is 24.3 Å². The van der Waals surface area contributed by atoms with Gasteiger partial charge in [0.2, 0.25) is 11.8 Å². The third-order valence-electron chi connectivity index (χ3n) is 3.88. The highest BCUT2D eigenvalue weighted by Crippen LogP contribution is 2.34. The molecule has 3 rings (SSSR count). The molecule has 2 amide bonds. The Morgan fingerprint density at radius 2 is 2.15 bits per heavy atom. The first-order valence-electron chi connectivity index (χ1n) is 7.03. The van der Waals surface area contributed by atoms with E-state index in [-0.39, 0.29) is 17.7 Å². The molecule has 1 atom stereocenters. The van der Waals surface area contributed by atoms with Gasteiger partial charge in [-0.1, -0.05) is 18.2 Å². The molecule has 1 N–H and O–H groups in total. The second-order valence-electron chi connectivity index (χ2n) is 5.15. The molecule has 0 bridgehead atoms. The van der Waals surface area contributed by atoms with Crippen LogP contribution in [0.4, 0.5) is 0 Å². The Bertz CT molecular complexity index is 530. The van der Waals surface area contributed by atoms with Crippen molar-refractivity contribution in [2.75, 3.05) is 26.2 Å². The van der Waals surface area contributed by atoms with Crippen LogP contribution in [0.15, 0.2) is 24.3 Å². The first kappa shape index (κ1) is 13.0. The van der Waals surface area contributed by atoms with Crippen molar-refractivity contribution >= 4 is 11.8 Å². The van der Waals surface area contributed by atoms with Crippen molar-refractivity contribution < 1.29 is 14.3 Å². The fourth-order valence-electron chi connectivity index (χ4n) is 2.81. The number of para-hydroxylation sites is 1. The fourth-order valence-corrected chi connectivity index (χ4v) is 2.81. The summed E-state index contributed by atoms with van der Waals surface area (Å²) in [4.78, 5) is 25.9. The first-order valence-corrected chi connectivity index (χ1v) is 7.03. The summed E-state index contributed by atoms with van der Waals surface area (Å²) in [5.74, 6) is 0.791. The summed E-state index contributed by atoms with van der Waals surface area (Å²) in [7, 11) is 0. The van der Waals surface area contributed by atoms with Gasteiger partial charge in [0, 0.05) is 31.6 Å². The fraction of sp³-hybridized carbons (Fsp3) is 0.467. The molecule has 1 aromatic carbocycles. The number of ether oxygens (including phenoxy) is 1. The van der Waals surface area contributed by atoms with Gasteiger partial charge < -0.3 is 15.0 Å². The molecule has 2 aliphatic heterocycles. The number of nitrogens with zero attached hydrogens (tertiary/aromatic N) is 1. The predicted octanol–water partition coefficient (Wildman–Crippen LogP) is 0.901. The summed E-state index contributed by atoms with van der Waals surface area (Å²) < 4.78 is 5.60. The molecule has 2 aliphatic rings. The summed E-state index contributed by atoms with van der Waals surface area (Å²) in [6, 6.07) is 7.71. The average Bonchev–Trinajstić information content (AvgIpc) is 2.71. The van der Waals surface area contributed by atoms with Crippen molar-refractivity contribution in [2.24, 2.45) is 0 Å². The van der Waals surface area contributed by atoms with Gasteiger partial charge in [-0.25, -0.2) is 0 Å². The maximum Gasteiger partial charge on any atom is 0.230 e. The number of rotatable bonds is 1. The molecule has 2 heterocycles. The lowest BCUT2D eigenvalue weighted by Crippen LogP contribution is -2.39. The Morgan fingerprint density at radius 3 is 3.05 bits per heavy atom. The summed E-state index contributed by atoms with van der Waals surface area (Å²) in [5.41, 5.74) is 0.965. The largest absolute Gasteiger partial charge is 0.493 e. The molecule has 0 spiro atoms. The summed E-state index contributed by atoms with van der Waals surface area (Å²) >= 11 is 0. The molecule has 106 valence electrons. The SMILES string of the molecule is O=C1CCN(C(=O)C2CCOc3ccccc32)CCN1. The highest BCUT2D eigenvalue weighted by molar-refractivity contribution is 5.86. The molecule has 0 aliphatic carbocycles. The molecular formula is C15H18N2O3. The van der Waals surface area contributed by atoms with Gasteiger partial charge in [-0.05, 0) is 12.5 Å². The van der Waals surface area contributed by atoms with E-state index in [4.69, 9.17) is 4.74 Å². The van der Waals surface area contributed by atoms with Crippen molar-refractivity contribution in [3.05, 3.63) is 29.8 Å². The third kappa shape index (κ3) is 2.48. The van der Waals surface area contributed by atoms with Crippen LogP contribution >= 0.6 is 0 Å². The Balaban J connectivity index is 1.79. The maximum atomic E-state index is 12.7. The molecule has 0 aromatic heterocycles. The van der Waals surface area contributed by atoms with Crippen molar-refractivity contribution in [1.29, 1.82) is 0 Å². The number of carbonyl (C=O) groups is 2. The number of nitrogens with one attached hydrogen (secondary N) is 1. The molecule has 20 heavy (non-hydrogen) atoms. The molecule has 1 saturated heterocycles. The minimum absolute atomic E-state index is 0.0210. The molecule has 0 radical (unpaired) electrons. The number of carbonyl (C=O) groups excluding carboxylic acids is 2. The quantitative estimate of drug-likeness (QED) is 0.828. The zero-order chi connectivity index (χ0) is 13.9.